The number of nitrogens with one attached hydrogen (secondary N) is 1. The minimum absolute atomic E-state index is 0.142. The Morgan fingerprint density at radius 2 is 1.86 bits per heavy atom. The normalized spacial score (nSPS) is 14.9. The molecule has 1 aromatic heterocycles. The highest BCUT2D eigenvalue weighted by Gasteiger charge is 2.27. The van der Waals surface area contributed by atoms with Crippen LogP contribution in [0.1, 0.15) is 24.2 Å². The van der Waals surface area contributed by atoms with Gasteiger partial charge in [-0.15, -0.1) is 0 Å². The van der Waals surface area contributed by atoms with Gasteiger partial charge in [-0.25, -0.2) is 9.18 Å². The van der Waals surface area contributed by atoms with Crippen molar-refractivity contribution in [1.29, 1.82) is 0 Å². The van der Waals surface area contributed by atoms with E-state index in [2.05, 4.69) is 5.32 Å². The van der Waals surface area contributed by atoms with Crippen molar-refractivity contribution >= 4 is 17.6 Å². The van der Waals surface area contributed by atoms with Gasteiger partial charge in [-0.2, -0.15) is 0 Å². The van der Waals surface area contributed by atoms with Gasteiger partial charge in [0, 0.05) is 19.7 Å². The SMILES string of the molecule is COc1ccccc1NC(=O)N(CC(=O)N(Cc1ccc(F)cc1)Cc1ccco1)CC1CCCO1. The second-order valence-electron chi connectivity index (χ2n) is 8.60. The molecule has 3 amide bonds. The Kier molecular flexibility index (Phi) is 8.57. The number of carbonyl (C=O) groups is 2. The predicted molar refractivity (Wildman–Crippen MR) is 132 cm³/mol. The fourth-order valence-electron chi connectivity index (χ4n) is 4.09. The number of nitrogens with zero attached hydrogens (tertiary/aromatic N) is 2. The van der Waals surface area contributed by atoms with Crippen LogP contribution in [0.25, 0.3) is 0 Å². The quantitative estimate of drug-likeness (QED) is 0.442. The van der Waals surface area contributed by atoms with Crippen LogP contribution in [0.3, 0.4) is 0 Å². The fourth-order valence-corrected chi connectivity index (χ4v) is 4.09. The molecule has 2 heterocycles. The number of rotatable bonds is 10. The summed E-state index contributed by atoms with van der Waals surface area (Å²) in [5.74, 6) is 0.502. The van der Waals surface area contributed by atoms with Gasteiger partial charge in [0.05, 0.1) is 31.7 Å². The molecule has 190 valence electrons. The Hall–Kier alpha value is -3.85. The largest absolute Gasteiger partial charge is 0.495 e. The van der Waals surface area contributed by atoms with Crippen molar-refractivity contribution in [1.82, 2.24) is 9.80 Å². The predicted octanol–water partition coefficient (Wildman–Crippen LogP) is 4.67. The van der Waals surface area contributed by atoms with Gasteiger partial charge in [-0.05, 0) is 54.8 Å². The first-order valence-electron chi connectivity index (χ1n) is 11.9. The van der Waals surface area contributed by atoms with E-state index in [0.717, 1.165) is 18.4 Å². The molecular formula is C27H30FN3O5. The van der Waals surface area contributed by atoms with Crippen LogP contribution in [-0.4, -0.2) is 54.6 Å². The standard InChI is InChI=1S/C27H30FN3O5/c1-34-25-9-3-2-8-24(25)29-27(33)31(18-23-7-5-15-36-23)19-26(32)30(17-22-6-4-14-35-22)16-20-10-12-21(28)13-11-20/h2-4,6,8-14,23H,5,7,15-19H2,1H3,(H,29,33). The van der Waals surface area contributed by atoms with Crippen LogP contribution < -0.4 is 10.1 Å². The summed E-state index contributed by atoms with van der Waals surface area (Å²) in [7, 11) is 1.53. The minimum Gasteiger partial charge on any atom is -0.495 e. The van der Waals surface area contributed by atoms with Crippen molar-refractivity contribution in [2.24, 2.45) is 0 Å². The van der Waals surface area contributed by atoms with E-state index >= 15 is 0 Å². The number of para-hydroxylation sites is 2. The maximum Gasteiger partial charge on any atom is 0.322 e. The molecule has 8 nitrogen and oxygen atoms in total. The molecule has 0 saturated carbocycles. The smallest absolute Gasteiger partial charge is 0.322 e. The zero-order valence-electron chi connectivity index (χ0n) is 20.2. The fraction of sp³-hybridized carbons (Fsp3) is 0.333. The highest BCUT2D eigenvalue weighted by atomic mass is 19.1. The van der Waals surface area contributed by atoms with E-state index < -0.39 is 6.03 Å². The van der Waals surface area contributed by atoms with Gasteiger partial charge in [-0.3, -0.25) is 4.79 Å². The molecule has 0 bridgehead atoms. The zero-order valence-corrected chi connectivity index (χ0v) is 20.2. The van der Waals surface area contributed by atoms with Crippen molar-refractivity contribution < 1.29 is 27.9 Å². The lowest BCUT2D eigenvalue weighted by Gasteiger charge is -2.29. The van der Waals surface area contributed by atoms with Crippen LogP contribution in [0.5, 0.6) is 5.75 Å². The summed E-state index contributed by atoms with van der Waals surface area (Å²) in [5, 5.41) is 2.86. The summed E-state index contributed by atoms with van der Waals surface area (Å²) >= 11 is 0. The molecular weight excluding hydrogens is 465 g/mol. The van der Waals surface area contributed by atoms with Gasteiger partial charge >= 0.3 is 6.03 Å². The van der Waals surface area contributed by atoms with E-state index in [4.69, 9.17) is 13.9 Å². The van der Waals surface area contributed by atoms with Gasteiger partial charge in [0.2, 0.25) is 5.91 Å². The molecule has 1 aliphatic heterocycles. The molecule has 9 heteroatoms. The molecule has 2 aromatic carbocycles. The van der Waals surface area contributed by atoms with E-state index in [1.807, 2.05) is 6.07 Å². The number of urea groups is 1. The minimum atomic E-state index is -0.428. The molecule has 3 aromatic rings. The molecule has 1 saturated heterocycles. The summed E-state index contributed by atoms with van der Waals surface area (Å²) in [6.45, 7) is 1.20. The van der Waals surface area contributed by atoms with Crippen LogP contribution in [0.15, 0.2) is 71.3 Å². The summed E-state index contributed by atoms with van der Waals surface area (Å²) in [6.07, 6.45) is 3.13. The average Bonchev–Trinajstić information content (AvgIpc) is 3.59. The van der Waals surface area contributed by atoms with Crippen LogP contribution in [0.4, 0.5) is 14.9 Å². The topological polar surface area (TPSA) is 84.3 Å². The lowest BCUT2D eigenvalue weighted by atomic mass is 10.2. The monoisotopic (exact) mass is 495 g/mol. The molecule has 36 heavy (non-hydrogen) atoms. The number of carbonyl (C=O) groups excluding carboxylic acids is 2. The van der Waals surface area contributed by atoms with E-state index in [-0.39, 0.29) is 44.0 Å². The second-order valence-corrected chi connectivity index (χ2v) is 8.60. The molecule has 0 radical (unpaired) electrons. The van der Waals surface area contributed by atoms with Gasteiger partial charge in [0.1, 0.15) is 23.9 Å². The number of furan rings is 1. The van der Waals surface area contributed by atoms with Gasteiger partial charge < -0.3 is 29.0 Å². The highest BCUT2D eigenvalue weighted by Crippen LogP contribution is 2.24. The number of hydrogen-bond donors (Lipinski definition) is 1. The Bertz CT molecular complexity index is 1130. The molecule has 1 unspecified atom stereocenters. The van der Waals surface area contributed by atoms with Crippen LogP contribution >= 0.6 is 0 Å². The molecule has 4 rings (SSSR count). The number of hydrogen-bond acceptors (Lipinski definition) is 5. The Morgan fingerprint density at radius 1 is 1.06 bits per heavy atom. The van der Waals surface area contributed by atoms with Crippen LogP contribution in [0.2, 0.25) is 0 Å². The number of amides is 3. The summed E-state index contributed by atoms with van der Waals surface area (Å²) in [5.41, 5.74) is 1.27. The maximum absolute atomic E-state index is 13.5. The molecule has 1 fully saturated rings. The summed E-state index contributed by atoms with van der Waals surface area (Å²) in [4.78, 5) is 29.9. The van der Waals surface area contributed by atoms with Crippen molar-refractivity contribution in [2.75, 3.05) is 32.1 Å². The van der Waals surface area contributed by atoms with Crippen LogP contribution in [0, 0.1) is 5.82 Å². The third-order valence-corrected chi connectivity index (χ3v) is 5.98. The van der Waals surface area contributed by atoms with Crippen molar-refractivity contribution in [2.45, 2.75) is 32.0 Å². The number of methoxy groups -OCH3 is 1. The number of benzene rings is 2. The summed E-state index contributed by atoms with van der Waals surface area (Å²) in [6, 6.07) is 16.2. The molecule has 1 aliphatic rings. The molecule has 0 aliphatic carbocycles. The Labute approximate surface area is 209 Å². The van der Waals surface area contributed by atoms with E-state index in [1.165, 1.54) is 24.1 Å². The van der Waals surface area contributed by atoms with Gasteiger partial charge in [0.25, 0.3) is 0 Å². The number of anilines is 1. The number of halogens is 1. The van der Waals surface area contributed by atoms with Gasteiger partial charge in [-0.1, -0.05) is 24.3 Å². The Morgan fingerprint density at radius 3 is 2.56 bits per heavy atom. The lowest BCUT2D eigenvalue weighted by Crippen LogP contribution is -2.46. The lowest BCUT2D eigenvalue weighted by molar-refractivity contribution is -0.133. The van der Waals surface area contributed by atoms with E-state index in [1.54, 1.807) is 53.6 Å². The average molecular weight is 496 g/mol. The first-order chi connectivity index (χ1) is 17.5. The zero-order chi connectivity index (χ0) is 25.3. The van der Waals surface area contributed by atoms with Gasteiger partial charge in [0.15, 0.2) is 0 Å². The maximum atomic E-state index is 13.5. The first-order valence-corrected chi connectivity index (χ1v) is 11.9. The highest BCUT2D eigenvalue weighted by molar-refractivity contribution is 5.93. The third-order valence-electron chi connectivity index (χ3n) is 5.98. The van der Waals surface area contributed by atoms with Crippen molar-refractivity contribution in [3.63, 3.8) is 0 Å². The van der Waals surface area contributed by atoms with Crippen LogP contribution in [-0.2, 0) is 22.6 Å². The molecule has 0 spiro atoms. The van der Waals surface area contributed by atoms with E-state index in [0.29, 0.717) is 23.8 Å². The second kappa shape index (κ2) is 12.2. The molecule has 1 atom stereocenters. The molecule has 1 N–H and O–H groups in total. The Balaban J connectivity index is 1.52. The van der Waals surface area contributed by atoms with E-state index in [9.17, 15) is 14.0 Å². The van der Waals surface area contributed by atoms with Crippen molar-refractivity contribution in [3.05, 3.63) is 84.1 Å². The number of ether oxygens (including phenoxy) is 2. The first kappa shape index (κ1) is 25.2. The summed E-state index contributed by atoms with van der Waals surface area (Å²) < 4.78 is 29.9. The third kappa shape index (κ3) is 6.85. The van der Waals surface area contributed by atoms with Crippen molar-refractivity contribution in [3.8, 4) is 5.75 Å².